The molecule has 0 saturated heterocycles. The van der Waals surface area contributed by atoms with Gasteiger partial charge in [-0.05, 0) is 12.1 Å². The Morgan fingerprint density at radius 3 is 1.95 bits per heavy atom. The van der Waals surface area contributed by atoms with Gasteiger partial charge in [0, 0.05) is 0 Å². The summed E-state index contributed by atoms with van der Waals surface area (Å²) in [6, 6.07) is 2.49. The number of rotatable bonds is 4. The van der Waals surface area contributed by atoms with Gasteiger partial charge in [0.25, 0.3) is 10.1 Å². The van der Waals surface area contributed by atoms with Gasteiger partial charge in [-0.1, -0.05) is 6.07 Å². The van der Waals surface area contributed by atoms with Crippen molar-refractivity contribution in [2.24, 2.45) is 11.7 Å². The highest BCUT2D eigenvalue weighted by Gasteiger charge is 2.26. The third kappa shape index (κ3) is 5.08. The van der Waals surface area contributed by atoms with E-state index in [9.17, 15) is 21.6 Å². The van der Waals surface area contributed by atoms with E-state index in [1.165, 1.54) is 0 Å². The SMILES string of the molecule is NN.O=C(O)c1cccc(S(=O)(=O)O)c1OS(=O)(=O)O. The maximum absolute atomic E-state index is 10.9. The lowest BCUT2D eigenvalue weighted by molar-refractivity contribution is 0.0694. The van der Waals surface area contributed by atoms with Crippen LogP contribution in [-0.4, -0.2) is 37.0 Å². The number of hydrogen-bond acceptors (Lipinski definition) is 8. The van der Waals surface area contributed by atoms with Crippen LogP contribution in [0, 0.1) is 0 Å². The van der Waals surface area contributed by atoms with Crippen molar-refractivity contribution in [1.29, 1.82) is 0 Å². The van der Waals surface area contributed by atoms with Gasteiger partial charge in [-0.25, -0.2) is 4.79 Å². The molecule has 0 aliphatic heterocycles. The van der Waals surface area contributed by atoms with E-state index in [2.05, 4.69) is 15.9 Å². The fourth-order valence-electron chi connectivity index (χ4n) is 1.08. The third-order valence-corrected chi connectivity index (χ3v) is 2.93. The van der Waals surface area contributed by atoms with Crippen LogP contribution in [0.2, 0.25) is 0 Å². The number of para-hydroxylation sites is 1. The lowest BCUT2D eigenvalue weighted by Gasteiger charge is -2.09. The van der Waals surface area contributed by atoms with Gasteiger partial charge in [0.2, 0.25) is 0 Å². The van der Waals surface area contributed by atoms with Crippen molar-refractivity contribution in [1.82, 2.24) is 0 Å². The number of hydrogen-bond donors (Lipinski definition) is 5. The summed E-state index contributed by atoms with van der Waals surface area (Å²) in [7, 11) is -10.1. The monoisotopic (exact) mass is 330 g/mol. The minimum Gasteiger partial charge on any atom is -0.478 e. The molecule has 0 unspecified atom stereocenters. The molecular weight excluding hydrogens is 320 g/mol. The highest BCUT2D eigenvalue weighted by molar-refractivity contribution is 7.86. The number of nitrogens with two attached hydrogens (primary N) is 2. The Labute approximate surface area is 113 Å². The lowest BCUT2D eigenvalue weighted by Crippen LogP contribution is -2.14. The lowest BCUT2D eigenvalue weighted by atomic mass is 10.2. The van der Waals surface area contributed by atoms with Crippen LogP contribution in [-0.2, 0) is 20.5 Å². The molecule has 114 valence electrons. The van der Waals surface area contributed by atoms with Crippen LogP contribution in [0.4, 0.5) is 0 Å². The van der Waals surface area contributed by atoms with E-state index < -0.39 is 42.7 Å². The van der Waals surface area contributed by atoms with E-state index >= 15 is 0 Å². The van der Waals surface area contributed by atoms with Gasteiger partial charge in [0.05, 0.1) is 0 Å². The Bertz CT molecular complexity index is 695. The van der Waals surface area contributed by atoms with E-state index in [-0.39, 0.29) is 0 Å². The van der Waals surface area contributed by atoms with E-state index in [0.717, 1.165) is 12.1 Å². The fraction of sp³-hybridized carbons (Fsp3) is 0. The molecule has 0 fully saturated rings. The van der Waals surface area contributed by atoms with Gasteiger partial charge in [0.1, 0.15) is 10.5 Å². The number of benzene rings is 1. The van der Waals surface area contributed by atoms with Crippen molar-refractivity contribution in [2.45, 2.75) is 4.90 Å². The number of carboxylic acids is 1. The van der Waals surface area contributed by atoms with Crippen molar-refractivity contribution >= 4 is 26.5 Å². The topological polar surface area (TPSA) is 207 Å². The summed E-state index contributed by atoms with van der Waals surface area (Å²) >= 11 is 0. The molecule has 7 N–H and O–H groups in total. The first kappa shape index (κ1) is 18.2. The second kappa shape index (κ2) is 6.60. The Kier molecular flexibility index (Phi) is 6.01. The van der Waals surface area contributed by atoms with Crippen molar-refractivity contribution < 1.29 is 40.0 Å². The summed E-state index contributed by atoms with van der Waals surface area (Å²) in [5, 5.41) is 8.72. The Morgan fingerprint density at radius 1 is 1.10 bits per heavy atom. The zero-order chi connectivity index (χ0) is 16.1. The second-order valence-electron chi connectivity index (χ2n) is 2.92. The third-order valence-electron chi connectivity index (χ3n) is 1.68. The molecule has 0 aromatic heterocycles. The summed E-state index contributed by atoms with van der Waals surface area (Å²) in [6.45, 7) is 0. The van der Waals surface area contributed by atoms with Crippen LogP contribution in [0.5, 0.6) is 5.75 Å². The van der Waals surface area contributed by atoms with Crippen molar-refractivity contribution in [3.05, 3.63) is 23.8 Å². The highest BCUT2D eigenvalue weighted by Crippen LogP contribution is 2.29. The molecule has 0 aliphatic rings. The highest BCUT2D eigenvalue weighted by atomic mass is 32.3. The number of aromatic carboxylic acids is 1. The standard InChI is InChI=1S/C7H6O9S2.H4N2/c8-7(9)4-2-1-3-5(17(10,11)12)6(4)16-18(13,14)15;1-2/h1-3H,(H,8,9)(H,10,11,12)(H,13,14,15);1-2H2. The maximum atomic E-state index is 10.9. The largest absolute Gasteiger partial charge is 0.478 e. The molecule has 0 saturated carbocycles. The molecule has 1 aromatic rings. The molecule has 0 bridgehead atoms. The van der Waals surface area contributed by atoms with Crippen LogP contribution in [0.1, 0.15) is 10.4 Å². The molecule has 0 radical (unpaired) electrons. The Balaban J connectivity index is 0.00000172. The van der Waals surface area contributed by atoms with Crippen LogP contribution in [0.25, 0.3) is 0 Å². The molecule has 0 heterocycles. The summed E-state index contributed by atoms with van der Waals surface area (Å²) in [5.41, 5.74) is -0.859. The normalized spacial score (nSPS) is 11.2. The molecular formula is C7H10N2O9S2. The summed E-state index contributed by atoms with van der Waals surface area (Å²) in [6.07, 6.45) is 0. The number of carbonyl (C=O) groups is 1. The van der Waals surface area contributed by atoms with Gasteiger partial charge < -0.3 is 9.29 Å². The first-order chi connectivity index (χ1) is 9.02. The minimum atomic E-state index is -5.15. The van der Waals surface area contributed by atoms with Gasteiger partial charge in [0.15, 0.2) is 5.75 Å². The van der Waals surface area contributed by atoms with E-state index in [0.29, 0.717) is 6.07 Å². The molecule has 13 heteroatoms. The van der Waals surface area contributed by atoms with Gasteiger partial charge in [-0.2, -0.15) is 16.8 Å². The number of hydrazine groups is 1. The fourth-order valence-corrected chi connectivity index (χ4v) is 2.16. The molecule has 11 nitrogen and oxygen atoms in total. The minimum absolute atomic E-state index is 0.711. The smallest absolute Gasteiger partial charge is 0.446 e. The van der Waals surface area contributed by atoms with E-state index in [4.69, 9.17) is 14.2 Å². The summed E-state index contributed by atoms with van der Waals surface area (Å²) in [4.78, 5) is 9.66. The Hall–Kier alpha value is -1.77. The Morgan fingerprint density at radius 2 is 1.60 bits per heavy atom. The van der Waals surface area contributed by atoms with Crippen LogP contribution >= 0.6 is 0 Å². The van der Waals surface area contributed by atoms with Gasteiger partial charge in [-0.15, -0.1) is 0 Å². The zero-order valence-corrected chi connectivity index (χ0v) is 11.1. The quantitative estimate of drug-likeness (QED) is 0.247. The molecule has 0 amide bonds. The van der Waals surface area contributed by atoms with Crippen LogP contribution in [0.15, 0.2) is 23.1 Å². The molecule has 0 atom stereocenters. The molecule has 1 aromatic carbocycles. The zero-order valence-electron chi connectivity index (χ0n) is 9.49. The molecule has 0 aliphatic carbocycles. The summed E-state index contributed by atoms with van der Waals surface area (Å²) in [5.74, 6) is 5.09. The summed E-state index contributed by atoms with van der Waals surface area (Å²) < 4.78 is 64.0. The predicted octanol–water partition coefficient (Wildman–Crippen LogP) is -1.37. The molecule has 0 spiro atoms. The van der Waals surface area contributed by atoms with Crippen molar-refractivity contribution in [3.63, 3.8) is 0 Å². The van der Waals surface area contributed by atoms with Crippen molar-refractivity contribution in [3.8, 4) is 5.75 Å². The molecule has 20 heavy (non-hydrogen) atoms. The maximum Gasteiger partial charge on any atom is 0.446 e. The van der Waals surface area contributed by atoms with Gasteiger partial charge in [-0.3, -0.25) is 20.8 Å². The van der Waals surface area contributed by atoms with Crippen LogP contribution < -0.4 is 15.9 Å². The molecule has 1 rings (SSSR count). The number of carboxylic acid groups (broad SMARTS) is 1. The predicted molar refractivity (Wildman–Crippen MR) is 63.8 cm³/mol. The van der Waals surface area contributed by atoms with E-state index in [1.54, 1.807) is 0 Å². The second-order valence-corrected chi connectivity index (χ2v) is 5.34. The van der Waals surface area contributed by atoms with Crippen molar-refractivity contribution in [2.75, 3.05) is 0 Å². The van der Waals surface area contributed by atoms with Crippen LogP contribution in [0.3, 0.4) is 0 Å². The van der Waals surface area contributed by atoms with E-state index in [1.807, 2.05) is 0 Å². The first-order valence-corrected chi connectivity index (χ1v) is 7.17. The first-order valence-electron chi connectivity index (χ1n) is 4.36. The average molecular weight is 330 g/mol. The average Bonchev–Trinajstić information content (AvgIpc) is 2.28. The van der Waals surface area contributed by atoms with Gasteiger partial charge >= 0.3 is 16.4 Å².